The van der Waals surface area contributed by atoms with E-state index in [4.69, 9.17) is 4.74 Å². The highest BCUT2D eigenvalue weighted by Crippen LogP contribution is 2.39. The quantitative estimate of drug-likeness (QED) is 0.884. The molecule has 1 saturated heterocycles. The van der Waals surface area contributed by atoms with Gasteiger partial charge in [0.05, 0.1) is 6.26 Å². The molecule has 2 aliphatic rings. The fourth-order valence-corrected chi connectivity index (χ4v) is 3.12. The first kappa shape index (κ1) is 12.2. The SMILES string of the molecule is CN1CCCC1(C(=O)O)c1ccc2c(c1)COC=C2. The third-order valence-corrected chi connectivity index (χ3v) is 4.24. The number of carbonyl (C=O) groups is 1. The molecule has 1 aromatic carbocycles. The zero-order valence-electron chi connectivity index (χ0n) is 10.9. The Labute approximate surface area is 112 Å². The summed E-state index contributed by atoms with van der Waals surface area (Å²) in [7, 11) is 1.89. The molecule has 2 aliphatic heterocycles. The number of rotatable bonds is 2. The van der Waals surface area contributed by atoms with Gasteiger partial charge in [-0.05, 0) is 55.3 Å². The van der Waals surface area contributed by atoms with Crippen LogP contribution in [0.2, 0.25) is 0 Å². The Hall–Kier alpha value is -1.81. The lowest BCUT2D eigenvalue weighted by Gasteiger charge is -2.33. The van der Waals surface area contributed by atoms with Crippen molar-refractivity contribution in [2.45, 2.75) is 25.0 Å². The van der Waals surface area contributed by atoms with Crippen LogP contribution in [0.4, 0.5) is 0 Å². The van der Waals surface area contributed by atoms with Crippen molar-refractivity contribution in [2.24, 2.45) is 0 Å². The molecule has 1 aromatic rings. The van der Waals surface area contributed by atoms with E-state index in [-0.39, 0.29) is 0 Å². The molecule has 0 bridgehead atoms. The van der Waals surface area contributed by atoms with Gasteiger partial charge in [0, 0.05) is 0 Å². The maximum absolute atomic E-state index is 11.8. The van der Waals surface area contributed by atoms with Crippen LogP contribution in [0.3, 0.4) is 0 Å². The highest BCUT2D eigenvalue weighted by atomic mass is 16.5. The smallest absolute Gasteiger partial charge is 0.328 e. The average molecular weight is 259 g/mol. The molecule has 1 fully saturated rings. The van der Waals surface area contributed by atoms with Gasteiger partial charge in [0.1, 0.15) is 12.1 Å². The minimum Gasteiger partial charge on any atom is -0.496 e. The van der Waals surface area contributed by atoms with Gasteiger partial charge in [-0.2, -0.15) is 0 Å². The van der Waals surface area contributed by atoms with Crippen LogP contribution in [-0.2, 0) is 21.7 Å². The van der Waals surface area contributed by atoms with Crippen LogP contribution in [0.1, 0.15) is 29.5 Å². The summed E-state index contributed by atoms with van der Waals surface area (Å²) in [5.74, 6) is -0.764. The van der Waals surface area contributed by atoms with Gasteiger partial charge in [0.2, 0.25) is 0 Å². The summed E-state index contributed by atoms with van der Waals surface area (Å²) < 4.78 is 5.29. The third-order valence-electron chi connectivity index (χ3n) is 4.24. The first-order valence-electron chi connectivity index (χ1n) is 6.51. The molecule has 0 radical (unpaired) electrons. The Kier molecular flexibility index (Phi) is 2.82. The van der Waals surface area contributed by atoms with E-state index in [0.29, 0.717) is 13.0 Å². The number of hydrogen-bond acceptors (Lipinski definition) is 3. The second-order valence-electron chi connectivity index (χ2n) is 5.22. The van der Waals surface area contributed by atoms with Gasteiger partial charge in [0.15, 0.2) is 0 Å². The number of carboxylic acid groups (broad SMARTS) is 1. The number of hydrogen-bond donors (Lipinski definition) is 1. The van der Waals surface area contributed by atoms with E-state index in [1.54, 1.807) is 6.26 Å². The molecule has 4 heteroatoms. The van der Waals surface area contributed by atoms with E-state index in [2.05, 4.69) is 0 Å². The molecular weight excluding hydrogens is 242 g/mol. The van der Waals surface area contributed by atoms with Gasteiger partial charge in [0.25, 0.3) is 0 Å². The van der Waals surface area contributed by atoms with E-state index in [0.717, 1.165) is 29.7 Å². The Balaban J connectivity index is 2.09. The van der Waals surface area contributed by atoms with E-state index in [1.165, 1.54) is 0 Å². The van der Waals surface area contributed by atoms with Gasteiger partial charge in [-0.3, -0.25) is 4.90 Å². The molecule has 19 heavy (non-hydrogen) atoms. The van der Waals surface area contributed by atoms with Crippen LogP contribution < -0.4 is 0 Å². The first-order valence-corrected chi connectivity index (χ1v) is 6.51. The summed E-state index contributed by atoms with van der Waals surface area (Å²) in [5.41, 5.74) is 2.14. The average Bonchev–Trinajstić information content (AvgIpc) is 2.81. The molecule has 1 unspecified atom stereocenters. The van der Waals surface area contributed by atoms with Crippen LogP contribution in [0, 0.1) is 0 Å². The molecule has 2 heterocycles. The van der Waals surface area contributed by atoms with Crippen molar-refractivity contribution in [3.05, 3.63) is 41.2 Å². The second kappa shape index (κ2) is 4.38. The molecule has 3 rings (SSSR count). The van der Waals surface area contributed by atoms with Crippen molar-refractivity contribution in [1.29, 1.82) is 0 Å². The fraction of sp³-hybridized carbons (Fsp3) is 0.400. The topological polar surface area (TPSA) is 49.8 Å². The van der Waals surface area contributed by atoms with Crippen molar-refractivity contribution in [2.75, 3.05) is 13.6 Å². The van der Waals surface area contributed by atoms with Gasteiger partial charge in [-0.1, -0.05) is 12.1 Å². The number of nitrogens with zero attached hydrogens (tertiary/aromatic N) is 1. The largest absolute Gasteiger partial charge is 0.496 e. The molecule has 0 saturated carbocycles. The lowest BCUT2D eigenvalue weighted by atomic mass is 9.85. The van der Waals surface area contributed by atoms with Crippen LogP contribution >= 0.6 is 0 Å². The standard InChI is InChI=1S/C15H17NO3/c1-16-7-2-6-15(16,14(17)18)13-4-3-11-5-8-19-10-12(11)9-13/h3-5,8-9H,2,6-7,10H2,1H3,(H,17,18). The molecule has 0 spiro atoms. The third kappa shape index (κ3) is 1.75. The highest BCUT2D eigenvalue weighted by Gasteiger charge is 2.47. The van der Waals surface area contributed by atoms with E-state index < -0.39 is 11.5 Å². The molecule has 0 amide bonds. The molecule has 0 aliphatic carbocycles. The van der Waals surface area contributed by atoms with E-state index >= 15 is 0 Å². The normalized spacial score (nSPS) is 25.9. The number of likely N-dealkylation sites (N-methyl/N-ethyl adjacent to an activating group) is 1. The van der Waals surface area contributed by atoms with Gasteiger partial charge in [-0.25, -0.2) is 4.79 Å². The van der Waals surface area contributed by atoms with E-state index in [9.17, 15) is 9.90 Å². The van der Waals surface area contributed by atoms with Crippen molar-refractivity contribution < 1.29 is 14.6 Å². The minimum absolute atomic E-state index is 0.513. The number of ether oxygens (including phenoxy) is 1. The Morgan fingerprint density at radius 3 is 3.00 bits per heavy atom. The molecule has 0 aromatic heterocycles. The van der Waals surface area contributed by atoms with Crippen molar-refractivity contribution >= 4 is 12.0 Å². The molecule has 100 valence electrons. The fourth-order valence-electron chi connectivity index (χ4n) is 3.12. The zero-order chi connectivity index (χ0) is 13.5. The monoisotopic (exact) mass is 259 g/mol. The highest BCUT2D eigenvalue weighted by molar-refractivity contribution is 5.81. The molecule has 4 nitrogen and oxygen atoms in total. The molecule has 1 N–H and O–H groups in total. The van der Waals surface area contributed by atoms with Crippen LogP contribution in [0.15, 0.2) is 24.5 Å². The van der Waals surface area contributed by atoms with Crippen molar-refractivity contribution in [3.8, 4) is 0 Å². The maximum Gasteiger partial charge on any atom is 0.328 e. The van der Waals surface area contributed by atoms with Crippen LogP contribution in [0.25, 0.3) is 6.08 Å². The number of carboxylic acids is 1. The van der Waals surface area contributed by atoms with Crippen molar-refractivity contribution in [3.63, 3.8) is 0 Å². The van der Waals surface area contributed by atoms with Crippen molar-refractivity contribution in [1.82, 2.24) is 4.90 Å². The summed E-state index contributed by atoms with van der Waals surface area (Å²) in [4.78, 5) is 13.8. The van der Waals surface area contributed by atoms with Gasteiger partial charge >= 0.3 is 5.97 Å². The van der Waals surface area contributed by atoms with E-state index in [1.807, 2.05) is 36.2 Å². The maximum atomic E-state index is 11.8. The minimum atomic E-state index is -0.879. The Morgan fingerprint density at radius 1 is 1.47 bits per heavy atom. The molecular formula is C15H17NO3. The summed E-state index contributed by atoms with van der Waals surface area (Å²) in [6, 6.07) is 5.90. The summed E-state index contributed by atoms with van der Waals surface area (Å²) in [6.45, 7) is 1.33. The summed E-state index contributed by atoms with van der Waals surface area (Å²) >= 11 is 0. The second-order valence-corrected chi connectivity index (χ2v) is 5.22. The lowest BCUT2D eigenvalue weighted by Crippen LogP contribution is -2.45. The first-order chi connectivity index (χ1) is 9.14. The van der Waals surface area contributed by atoms with Crippen LogP contribution in [0.5, 0.6) is 0 Å². The molecule has 1 atom stereocenters. The number of benzene rings is 1. The predicted molar refractivity (Wildman–Crippen MR) is 71.4 cm³/mol. The predicted octanol–water partition coefficient (Wildman–Crippen LogP) is 2.19. The van der Waals surface area contributed by atoms with Gasteiger partial charge in [-0.15, -0.1) is 0 Å². The summed E-state index contributed by atoms with van der Waals surface area (Å²) in [6.07, 6.45) is 5.16. The summed E-state index contributed by atoms with van der Waals surface area (Å²) in [5, 5.41) is 9.70. The van der Waals surface area contributed by atoms with Crippen LogP contribution in [-0.4, -0.2) is 29.6 Å². The number of aliphatic carboxylic acids is 1. The lowest BCUT2D eigenvalue weighted by molar-refractivity contribution is -0.149. The Morgan fingerprint density at radius 2 is 2.32 bits per heavy atom. The zero-order valence-corrected chi connectivity index (χ0v) is 10.9. The van der Waals surface area contributed by atoms with Gasteiger partial charge < -0.3 is 9.84 Å². The number of fused-ring (bicyclic) bond motifs is 1. The Bertz CT molecular complexity index is 552. The number of likely N-dealkylation sites (tertiary alicyclic amines) is 1.